The maximum Gasteiger partial charge on any atom is 0.416 e. The fourth-order valence-corrected chi connectivity index (χ4v) is 3.59. The van der Waals surface area contributed by atoms with Crippen LogP contribution in [-0.4, -0.2) is 68.6 Å². The second-order valence-electron chi connectivity index (χ2n) is 6.90. The van der Waals surface area contributed by atoms with Crippen LogP contribution in [0.3, 0.4) is 0 Å². The smallest absolute Gasteiger partial charge is 0.416 e. The number of nitrogens with zero attached hydrogens (tertiary/aromatic N) is 5. The Morgan fingerprint density at radius 1 is 1.11 bits per heavy atom. The average molecular weight is 365 g/mol. The van der Waals surface area contributed by atoms with Gasteiger partial charge in [-0.25, -0.2) is 9.48 Å². The minimum Gasteiger partial charge on any atom is -0.464 e. The van der Waals surface area contributed by atoms with Gasteiger partial charge >= 0.3 is 6.09 Å². The highest BCUT2D eigenvalue weighted by atomic mass is 16.4. The normalized spacial score (nSPS) is 15.9. The van der Waals surface area contributed by atoms with E-state index >= 15 is 0 Å². The lowest BCUT2D eigenvalue weighted by Gasteiger charge is -2.32. The second kappa shape index (κ2) is 7.38. The number of carbonyl (C=O) groups is 1. The molecule has 1 saturated heterocycles. The molecular formula is C20H23N5O2. The zero-order chi connectivity index (χ0) is 18.8. The van der Waals surface area contributed by atoms with E-state index < -0.39 is 6.09 Å². The maximum atomic E-state index is 12.0. The van der Waals surface area contributed by atoms with Gasteiger partial charge in [0.05, 0.1) is 11.4 Å². The van der Waals surface area contributed by atoms with Crippen molar-refractivity contribution in [2.75, 3.05) is 33.2 Å². The summed E-state index contributed by atoms with van der Waals surface area (Å²) in [6.45, 7) is 4.66. The summed E-state index contributed by atoms with van der Waals surface area (Å²) in [5.74, 6) is 0. The van der Waals surface area contributed by atoms with Gasteiger partial charge in [-0.05, 0) is 13.1 Å². The molecule has 1 aliphatic heterocycles. The van der Waals surface area contributed by atoms with E-state index in [1.54, 1.807) is 17.1 Å². The molecule has 27 heavy (non-hydrogen) atoms. The van der Waals surface area contributed by atoms with Gasteiger partial charge in [0, 0.05) is 62.4 Å². The topological polar surface area (TPSA) is 66.5 Å². The highest BCUT2D eigenvalue weighted by Crippen LogP contribution is 2.32. The summed E-state index contributed by atoms with van der Waals surface area (Å²) in [6, 6.07) is 11.5. The molecule has 3 heterocycles. The highest BCUT2D eigenvalue weighted by Gasteiger charge is 2.24. The predicted molar refractivity (Wildman–Crippen MR) is 103 cm³/mol. The molecule has 0 amide bonds. The van der Waals surface area contributed by atoms with Crippen molar-refractivity contribution in [2.24, 2.45) is 0 Å². The summed E-state index contributed by atoms with van der Waals surface area (Å²) in [5, 5.41) is 14.2. The van der Waals surface area contributed by atoms with E-state index in [1.807, 2.05) is 42.6 Å². The van der Waals surface area contributed by atoms with Crippen LogP contribution < -0.4 is 0 Å². The van der Waals surface area contributed by atoms with Crippen molar-refractivity contribution in [1.82, 2.24) is 24.1 Å². The molecule has 0 bridgehead atoms. The first-order valence-electron chi connectivity index (χ1n) is 9.07. The zero-order valence-electron chi connectivity index (χ0n) is 15.3. The van der Waals surface area contributed by atoms with Crippen LogP contribution in [0.2, 0.25) is 0 Å². The molecule has 1 aromatic carbocycles. The molecule has 0 aliphatic carbocycles. The van der Waals surface area contributed by atoms with E-state index in [9.17, 15) is 9.90 Å². The minimum atomic E-state index is -0.994. The van der Waals surface area contributed by atoms with Crippen LogP contribution in [0.25, 0.3) is 16.9 Å². The lowest BCUT2D eigenvalue weighted by molar-refractivity contribution is 0.148. The first-order chi connectivity index (χ1) is 13.1. The van der Waals surface area contributed by atoms with E-state index in [0.717, 1.165) is 43.0 Å². The number of rotatable bonds is 4. The molecule has 7 heteroatoms. The number of benzene rings is 1. The summed E-state index contributed by atoms with van der Waals surface area (Å²) < 4.78 is 3.09. The molecule has 0 atom stereocenters. The number of carboxylic acid groups (broad SMARTS) is 1. The van der Waals surface area contributed by atoms with Gasteiger partial charge in [0.25, 0.3) is 0 Å². The largest absolute Gasteiger partial charge is 0.464 e. The molecule has 0 saturated carbocycles. The first-order valence-corrected chi connectivity index (χ1v) is 9.07. The van der Waals surface area contributed by atoms with Crippen LogP contribution in [0.4, 0.5) is 4.79 Å². The molecule has 140 valence electrons. The third-order valence-electron chi connectivity index (χ3n) is 5.03. The highest BCUT2D eigenvalue weighted by molar-refractivity contribution is 5.83. The fraction of sp³-hybridized carbons (Fsp3) is 0.300. The van der Waals surface area contributed by atoms with Crippen molar-refractivity contribution in [3.8, 4) is 16.9 Å². The molecule has 2 aromatic heterocycles. The van der Waals surface area contributed by atoms with Crippen molar-refractivity contribution < 1.29 is 9.90 Å². The van der Waals surface area contributed by atoms with Crippen molar-refractivity contribution in [2.45, 2.75) is 6.54 Å². The van der Waals surface area contributed by atoms with Crippen molar-refractivity contribution in [3.63, 3.8) is 0 Å². The fourth-order valence-electron chi connectivity index (χ4n) is 3.59. The zero-order valence-corrected chi connectivity index (χ0v) is 15.3. The molecule has 0 radical (unpaired) electrons. The van der Waals surface area contributed by atoms with Gasteiger partial charge < -0.3 is 10.0 Å². The summed E-state index contributed by atoms with van der Waals surface area (Å²) in [4.78, 5) is 16.7. The van der Waals surface area contributed by atoms with Crippen LogP contribution in [0.5, 0.6) is 0 Å². The van der Waals surface area contributed by atoms with Crippen LogP contribution in [-0.2, 0) is 6.54 Å². The van der Waals surface area contributed by atoms with Gasteiger partial charge in [-0.2, -0.15) is 5.10 Å². The van der Waals surface area contributed by atoms with Gasteiger partial charge in [0.15, 0.2) is 0 Å². The molecule has 7 nitrogen and oxygen atoms in total. The van der Waals surface area contributed by atoms with Crippen molar-refractivity contribution >= 4 is 6.09 Å². The Bertz CT molecular complexity index is 910. The predicted octanol–water partition coefficient (Wildman–Crippen LogP) is 2.61. The Hall–Kier alpha value is -2.90. The monoisotopic (exact) mass is 365 g/mol. The van der Waals surface area contributed by atoms with Crippen molar-refractivity contribution in [1.29, 1.82) is 0 Å². The van der Waals surface area contributed by atoms with Crippen LogP contribution >= 0.6 is 0 Å². The quantitative estimate of drug-likeness (QED) is 0.770. The van der Waals surface area contributed by atoms with E-state index in [4.69, 9.17) is 0 Å². The number of piperazine rings is 1. The molecular weight excluding hydrogens is 342 g/mol. The molecule has 1 fully saturated rings. The summed E-state index contributed by atoms with van der Waals surface area (Å²) >= 11 is 0. The van der Waals surface area contributed by atoms with Gasteiger partial charge in [0.2, 0.25) is 0 Å². The SMILES string of the molecule is CN1CCN(Cc2cn(C(=O)O)c(-c3ccccc3)c2-n2cccn2)CC1. The van der Waals surface area contributed by atoms with Gasteiger partial charge in [0.1, 0.15) is 0 Å². The van der Waals surface area contributed by atoms with Gasteiger partial charge in [-0.1, -0.05) is 30.3 Å². The maximum absolute atomic E-state index is 12.0. The van der Waals surface area contributed by atoms with E-state index in [0.29, 0.717) is 12.2 Å². The summed E-state index contributed by atoms with van der Waals surface area (Å²) in [7, 11) is 2.13. The molecule has 4 rings (SSSR count). The molecule has 1 aliphatic rings. The Morgan fingerprint density at radius 2 is 1.85 bits per heavy atom. The number of aromatic nitrogens is 3. The van der Waals surface area contributed by atoms with E-state index in [-0.39, 0.29) is 0 Å². The van der Waals surface area contributed by atoms with Crippen LogP contribution in [0, 0.1) is 0 Å². The average Bonchev–Trinajstić information content (AvgIpc) is 3.32. The second-order valence-corrected chi connectivity index (χ2v) is 6.90. The van der Waals surface area contributed by atoms with Crippen LogP contribution in [0.15, 0.2) is 55.0 Å². The third kappa shape index (κ3) is 3.51. The molecule has 1 N–H and O–H groups in total. The lowest BCUT2D eigenvalue weighted by atomic mass is 10.1. The Morgan fingerprint density at radius 3 is 2.48 bits per heavy atom. The van der Waals surface area contributed by atoms with Crippen LogP contribution in [0.1, 0.15) is 5.56 Å². The number of likely N-dealkylation sites (N-methyl/N-ethyl adjacent to an activating group) is 1. The lowest BCUT2D eigenvalue weighted by Crippen LogP contribution is -2.43. The number of hydrogen-bond donors (Lipinski definition) is 1. The van der Waals surface area contributed by atoms with Gasteiger partial charge in [-0.15, -0.1) is 0 Å². The van der Waals surface area contributed by atoms with E-state index in [1.165, 1.54) is 4.57 Å². The summed E-state index contributed by atoms with van der Waals surface area (Å²) in [6.07, 6.45) is 4.32. The van der Waals surface area contributed by atoms with E-state index in [2.05, 4.69) is 21.9 Å². The minimum absolute atomic E-state index is 0.649. The van der Waals surface area contributed by atoms with Crippen molar-refractivity contribution in [3.05, 3.63) is 60.6 Å². The molecule has 3 aromatic rings. The molecule has 0 unspecified atom stereocenters. The number of hydrogen-bond acceptors (Lipinski definition) is 4. The van der Waals surface area contributed by atoms with Gasteiger partial charge in [-0.3, -0.25) is 9.47 Å². The summed E-state index contributed by atoms with van der Waals surface area (Å²) in [5.41, 5.74) is 3.29. The Kier molecular flexibility index (Phi) is 4.79. The third-order valence-corrected chi connectivity index (χ3v) is 5.03. The Balaban J connectivity index is 1.82. The standard InChI is InChI=1S/C20H23N5O2/c1-22-10-12-23(13-11-22)14-17-15-24(20(26)27)18(16-6-3-2-4-7-16)19(17)25-9-5-8-21-25/h2-9,15H,10-14H2,1H3,(H,26,27). The first kappa shape index (κ1) is 17.5. The molecule has 0 spiro atoms. The Labute approximate surface area is 158 Å².